The number of rotatable bonds is 6. The van der Waals surface area contributed by atoms with Crippen LogP contribution in [0.4, 0.5) is 0 Å². The smallest absolute Gasteiger partial charge is 0.230 e. The first kappa shape index (κ1) is 19.5. The fourth-order valence-corrected chi connectivity index (χ4v) is 4.67. The van der Waals surface area contributed by atoms with Crippen LogP contribution in [0.15, 0.2) is 41.3 Å². The maximum Gasteiger partial charge on any atom is 0.230 e. The quantitative estimate of drug-likeness (QED) is 0.759. The summed E-state index contributed by atoms with van der Waals surface area (Å²) >= 11 is 7.87. The maximum absolute atomic E-state index is 12.2. The fourth-order valence-electron chi connectivity index (χ4n) is 3.40. The molecule has 3 rings (SSSR count). The second kappa shape index (κ2) is 9.09. The number of amides is 1. The highest BCUT2D eigenvalue weighted by molar-refractivity contribution is 8.00. The predicted molar refractivity (Wildman–Crippen MR) is 109 cm³/mol. The van der Waals surface area contributed by atoms with Gasteiger partial charge in [-0.25, -0.2) is 0 Å². The first-order valence-electron chi connectivity index (χ1n) is 8.97. The highest BCUT2D eigenvalue weighted by Crippen LogP contribution is 2.33. The van der Waals surface area contributed by atoms with Gasteiger partial charge in [0.05, 0.1) is 18.0 Å². The van der Waals surface area contributed by atoms with E-state index in [1.54, 1.807) is 0 Å². The fraction of sp³-hybridized carbons (Fsp3) is 0.450. The molecule has 2 aromatic rings. The monoisotopic (exact) mass is 392 g/mol. The number of nitrogens with zero attached hydrogens (tertiary/aromatic N) is 1. The van der Waals surface area contributed by atoms with E-state index in [1.165, 1.54) is 11.8 Å². The van der Waals surface area contributed by atoms with Crippen LogP contribution in [0.1, 0.15) is 13.8 Å². The minimum atomic E-state index is 0.0495. The van der Waals surface area contributed by atoms with Crippen LogP contribution in [0.3, 0.4) is 0 Å². The van der Waals surface area contributed by atoms with Crippen LogP contribution in [0.5, 0.6) is 0 Å². The van der Waals surface area contributed by atoms with Crippen LogP contribution in [-0.4, -0.2) is 54.9 Å². The standard InChI is InChI=1S/C20H25ClN2O2S/c1-14-11-23(12-15(2)25-14)10-9-22-19(24)13-26-18-8-4-6-16-5-3-7-17(21)20(16)18/h3-8,14-15H,9-13H2,1-2H3,(H,22,24). The summed E-state index contributed by atoms with van der Waals surface area (Å²) in [5.41, 5.74) is 0. The van der Waals surface area contributed by atoms with Crippen molar-refractivity contribution in [1.29, 1.82) is 0 Å². The Bertz CT molecular complexity index is 755. The summed E-state index contributed by atoms with van der Waals surface area (Å²) < 4.78 is 5.73. The minimum Gasteiger partial charge on any atom is -0.373 e. The Hall–Kier alpha value is -1.27. The molecule has 0 bridgehead atoms. The zero-order valence-corrected chi connectivity index (χ0v) is 16.8. The zero-order valence-electron chi connectivity index (χ0n) is 15.2. The number of nitrogens with one attached hydrogen (secondary N) is 1. The number of carbonyl (C=O) groups excluding carboxylic acids is 1. The molecular formula is C20H25ClN2O2S. The molecule has 0 aliphatic carbocycles. The third-order valence-electron chi connectivity index (χ3n) is 4.42. The van der Waals surface area contributed by atoms with Gasteiger partial charge in [-0.3, -0.25) is 9.69 Å². The van der Waals surface area contributed by atoms with Crippen molar-refractivity contribution in [2.45, 2.75) is 31.0 Å². The van der Waals surface area contributed by atoms with Crippen molar-refractivity contribution in [2.24, 2.45) is 0 Å². The van der Waals surface area contributed by atoms with Gasteiger partial charge in [0.2, 0.25) is 5.91 Å². The van der Waals surface area contributed by atoms with Crippen LogP contribution in [0.25, 0.3) is 10.8 Å². The van der Waals surface area contributed by atoms with Crippen molar-refractivity contribution in [2.75, 3.05) is 31.9 Å². The second-order valence-corrected chi connectivity index (χ2v) is 8.17. The largest absolute Gasteiger partial charge is 0.373 e. The van der Waals surface area contributed by atoms with E-state index in [4.69, 9.17) is 16.3 Å². The molecule has 1 fully saturated rings. The molecule has 1 amide bonds. The predicted octanol–water partition coefficient (Wildman–Crippen LogP) is 3.81. The molecule has 2 aromatic carbocycles. The average molecular weight is 393 g/mol. The number of carbonyl (C=O) groups is 1. The number of hydrogen-bond donors (Lipinski definition) is 1. The van der Waals surface area contributed by atoms with Crippen molar-refractivity contribution in [3.05, 3.63) is 41.4 Å². The summed E-state index contributed by atoms with van der Waals surface area (Å²) in [6.07, 6.45) is 0.502. The van der Waals surface area contributed by atoms with Gasteiger partial charge in [-0.1, -0.05) is 35.9 Å². The lowest BCUT2D eigenvalue weighted by Crippen LogP contribution is -2.48. The third-order valence-corrected chi connectivity index (χ3v) is 5.79. The van der Waals surface area contributed by atoms with Gasteiger partial charge in [0.15, 0.2) is 0 Å². The van der Waals surface area contributed by atoms with Crippen LogP contribution in [-0.2, 0) is 9.53 Å². The van der Waals surface area contributed by atoms with Crippen molar-refractivity contribution in [1.82, 2.24) is 10.2 Å². The average Bonchev–Trinajstić information content (AvgIpc) is 2.59. The van der Waals surface area contributed by atoms with E-state index in [9.17, 15) is 4.79 Å². The first-order chi connectivity index (χ1) is 12.5. The SMILES string of the molecule is CC1CN(CCNC(=O)CSc2cccc3cccc(Cl)c23)CC(C)O1. The highest BCUT2D eigenvalue weighted by atomic mass is 35.5. The van der Waals surface area contributed by atoms with Gasteiger partial charge in [0, 0.05) is 41.5 Å². The normalized spacial score (nSPS) is 21.0. The number of thioether (sulfide) groups is 1. The van der Waals surface area contributed by atoms with Crippen LogP contribution in [0.2, 0.25) is 5.02 Å². The summed E-state index contributed by atoms with van der Waals surface area (Å²) in [5, 5.41) is 5.86. The van der Waals surface area contributed by atoms with E-state index in [1.807, 2.05) is 36.4 Å². The van der Waals surface area contributed by atoms with Gasteiger partial charge in [0.25, 0.3) is 0 Å². The molecule has 2 unspecified atom stereocenters. The number of ether oxygens (including phenoxy) is 1. The van der Waals surface area contributed by atoms with Gasteiger partial charge in [-0.2, -0.15) is 0 Å². The summed E-state index contributed by atoms with van der Waals surface area (Å²) in [5.74, 6) is 0.439. The number of hydrogen-bond acceptors (Lipinski definition) is 4. The van der Waals surface area contributed by atoms with Gasteiger partial charge in [-0.15, -0.1) is 11.8 Å². The Kier molecular flexibility index (Phi) is 6.81. The Balaban J connectivity index is 1.48. The number of halogens is 1. The van der Waals surface area contributed by atoms with Gasteiger partial charge in [0.1, 0.15) is 0 Å². The number of morpholine rings is 1. The molecule has 140 valence electrons. The Morgan fingerprint density at radius 2 is 1.92 bits per heavy atom. The number of fused-ring (bicyclic) bond motifs is 1. The summed E-state index contributed by atoms with van der Waals surface area (Å²) in [6.45, 7) is 7.54. The molecule has 0 radical (unpaired) electrons. The third kappa shape index (κ3) is 5.13. The molecule has 1 saturated heterocycles. The van der Waals surface area contributed by atoms with Crippen LogP contribution < -0.4 is 5.32 Å². The zero-order chi connectivity index (χ0) is 18.5. The van der Waals surface area contributed by atoms with E-state index < -0.39 is 0 Å². The molecule has 1 aliphatic heterocycles. The summed E-state index contributed by atoms with van der Waals surface area (Å²) in [6, 6.07) is 11.9. The molecule has 0 aromatic heterocycles. The Labute approximate surface area is 164 Å². The van der Waals surface area contributed by atoms with E-state index in [-0.39, 0.29) is 18.1 Å². The summed E-state index contributed by atoms with van der Waals surface area (Å²) in [4.78, 5) is 15.6. The van der Waals surface area contributed by atoms with E-state index >= 15 is 0 Å². The molecule has 6 heteroatoms. The van der Waals surface area contributed by atoms with Crippen LogP contribution in [0, 0.1) is 0 Å². The van der Waals surface area contributed by atoms with Crippen molar-refractivity contribution < 1.29 is 9.53 Å². The number of benzene rings is 2. The van der Waals surface area contributed by atoms with E-state index in [0.717, 1.165) is 40.3 Å². The van der Waals surface area contributed by atoms with E-state index in [2.05, 4.69) is 24.1 Å². The highest BCUT2D eigenvalue weighted by Gasteiger charge is 2.21. The molecule has 26 heavy (non-hydrogen) atoms. The van der Waals surface area contributed by atoms with E-state index in [0.29, 0.717) is 12.3 Å². The van der Waals surface area contributed by atoms with Crippen molar-refractivity contribution in [3.8, 4) is 0 Å². The molecule has 1 aliphatic rings. The lowest BCUT2D eigenvalue weighted by atomic mass is 10.1. The molecule has 1 N–H and O–H groups in total. The van der Waals surface area contributed by atoms with Crippen LogP contribution >= 0.6 is 23.4 Å². The first-order valence-corrected chi connectivity index (χ1v) is 10.3. The summed E-state index contributed by atoms with van der Waals surface area (Å²) in [7, 11) is 0. The molecule has 4 nitrogen and oxygen atoms in total. The lowest BCUT2D eigenvalue weighted by Gasteiger charge is -2.35. The molecule has 2 atom stereocenters. The molecular weight excluding hydrogens is 368 g/mol. The lowest BCUT2D eigenvalue weighted by molar-refractivity contribution is -0.118. The maximum atomic E-state index is 12.2. The van der Waals surface area contributed by atoms with Gasteiger partial charge in [-0.05, 0) is 31.4 Å². The van der Waals surface area contributed by atoms with Crippen molar-refractivity contribution in [3.63, 3.8) is 0 Å². The Morgan fingerprint density at radius 3 is 2.65 bits per heavy atom. The minimum absolute atomic E-state index is 0.0495. The van der Waals surface area contributed by atoms with Gasteiger partial charge < -0.3 is 10.1 Å². The van der Waals surface area contributed by atoms with Gasteiger partial charge >= 0.3 is 0 Å². The second-order valence-electron chi connectivity index (χ2n) is 6.75. The Morgan fingerprint density at radius 1 is 1.23 bits per heavy atom. The topological polar surface area (TPSA) is 41.6 Å². The molecule has 0 saturated carbocycles. The molecule has 0 spiro atoms. The van der Waals surface area contributed by atoms with Crippen molar-refractivity contribution >= 4 is 40.0 Å². The molecule has 1 heterocycles.